The summed E-state index contributed by atoms with van der Waals surface area (Å²) >= 11 is 0. The third kappa shape index (κ3) is 8.31. The first-order valence-electron chi connectivity index (χ1n) is 16.8. The molecule has 5 aromatic carbocycles. The van der Waals surface area contributed by atoms with Crippen molar-refractivity contribution in [2.24, 2.45) is 0 Å². The fraction of sp³-hybridized carbons (Fsp3) is 0.279. The minimum atomic E-state index is -1.70. The summed E-state index contributed by atoms with van der Waals surface area (Å²) in [5, 5.41) is 6.41. The maximum Gasteiger partial charge on any atom is 0.193 e. The molecule has 0 radical (unpaired) electrons. The Hall–Kier alpha value is -4.08. The van der Waals surface area contributed by atoms with Gasteiger partial charge >= 0.3 is 0 Å². The Kier molecular flexibility index (Phi) is 9.36. The van der Waals surface area contributed by atoms with E-state index in [-0.39, 0.29) is 5.78 Å². The third-order valence-electron chi connectivity index (χ3n) is 7.59. The summed E-state index contributed by atoms with van der Waals surface area (Å²) in [4.78, 5) is 14.4. The first-order chi connectivity index (χ1) is 22.2. The van der Waals surface area contributed by atoms with Crippen molar-refractivity contribution in [1.82, 2.24) is 0 Å². The monoisotopic (exact) mass is 690 g/mol. The van der Waals surface area contributed by atoms with E-state index < -0.39 is 32.3 Å². The molecule has 0 unspecified atom stereocenters. The van der Waals surface area contributed by atoms with Crippen LogP contribution < -0.4 is 0 Å². The number of carbonyl (C=O) groups excluding carboxylic acids is 1. The van der Waals surface area contributed by atoms with Crippen LogP contribution in [0.5, 0.6) is 0 Å². The molecule has 0 saturated heterocycles. The van der Waals surface area contributed by atoms with Gasteiger partial charge in [0, 0.05) is 33.4 Å². The standard InChI is InChI=1S/C43H46OSi4/c1-45(2,3)25-21-31-13-15-32(16-14-31)43(44)40-30-35(24-28-48(10,11)12)38-18-17-36-33(22-26-46(4,5)6)29-34(23-27-47(7,8)9)37-19-20-39(40)42(38)41(36)37/h13-20,29-30H,1-12H3. The highest BCUT2D eigenvalue weighted by atomic mass is 28.3. The fourth-order valence-electron chi connectivity index (χ4n) is 5.38. The zero-order valence-corrected chi connectivity index (χ0v) is 34.7. The lowest BCUT2D eigenvalue weighted by atomic mass is 9.85. The zero-order valence-electron chi connectivity index (χ0n) is 30.7. The van der Waals surface area contributed by atoms with E-state index >= 15 is 0 Å². The normalized spacial score (nSPS) is 12.0. The summed E-state index contributed by atoms with van der Waals surface area (Å²) in [6, 6.07) is 20.6. The second-order valence-electron chi connectivity index (χ2n) is 16.9. The number of carbonyl (C=O) groups is 1. The minimum Gasteiger partial charge on any atom is -0.289 e. The summed E-state index contributed by atoms with van der Waals surface area (Å²) in [5.74, 6) is 14.0. The van der Waals surface area contributed by atoms with Gasteiger partial charge in [0.05, 0.1) is 0 Å². The minimum absolute atomic E-state index is 0.00816. The molecule has 5 heteroatoms. The van der Waals surface area contributed by atoms with Gasteiger partial charge in [-0.1, -0.05) is 127 Å². The van der Waals surface area contributed by atoms with E-state index in [4.69, 9.17) is 0 Å². The molecule has 5 aromatic rings. The molecule has 0 aliphatic carbocycles. The van der Waals surface area contributed by atoms with E-state index in [9.17, 15) is 4.79 Å². The second-order valence-corrected chi connectivity index (χ2v) is 35.9. The van der Waals surface area contributed by atoms with Crippen LogP contribution in [0.3, 0.4) is 0 Å². The molecular formula is C43H46OSi4. The van der Waals surface area contributed by atoms with Crippen LogP contribution in [0, 0.1) is 45.9 Å². The largest absolute Gasteiger partial charge is 0.289 e. The summed E-state index contributed by atoms with van der Waals surface area (Å²) in [6.45, 7) is 27.1. The molecule has 240 valence electrons. The van der Waals surface area contributed by atoms with Crippen molar-refractivity contribution >= 4 is 70.4 Å². The van der Waals surface area contributed by atoms with Crippen LogP contribution in [0.15, 0.2) is 60.7 Å². The second kappa shape index (κ2) is 12.7. The Morgan fingerprint density at radius 2 is 0.792 bits per heavy atom. The Morgan fingerprint density at radius 3 is 1.21 bits per heavy atom. The van der Waals surface area contributed by atoms with Crippen molar-refractivity contribution in [2.75, 3.05) is 0 Å². The molecule has 0 bridgehead atoms. The molecule has 0 heterocycles. The molecule has 0 amide bonds. The fourth-order valence-corrected chi connectivity index (χ4v) is 7.42. The molecule has 0 fully saturated rings. The molecule has 5 rings (SSSR count). The average molecular weight is 691 g/mol. The van der Waals surface area contributed by atoms with Crippen molar-refractivity contribution in [3.63, 3.8) is 0 Å². The maximum absolute atomic E-state index is 14.4. The van der Waals surface area contributed by atoms with Gasteiger partial charge in [-0.3, -0.25) is 4.79 Å². The van der Waals surface area contributed by atoms with Crippen LogP contribution in [-0.2, 0) is 0 Å². The van der Waals surface area contributed by atoms with E-state index in [0.29, 0.717) is 11.1 Å². The quantitative estimate of drug-likeness (QED) is 0.0780. The molecule has 0 aliphatic rings. The molecule has 0 atom stereocenters. The zero-order chi connectivity index (χ0) is 35.2. The number of ketones is 1. The van der Waals surface area contributed by atoms with Crippen molar-refractivity contribution in [2.45, 2.75) is 78.6 Å². The molecule has 0 spiro atoms. The summed E-state index contributed by atoms with van der Waals surface area (Å²) in [7, 11) is -6.50. The van der Waals surface area contributed by atoms with Crippen LogP contribution in [0.2, 0.25) is 78.6 Å². The molecule has 0 aliphatic heterocycles. The topological polar surface area (TPSA) is 17.1 Å². The van der Waals surface area contributed by atoms with E-state index in [2.05, 4.69) is 155 Å². The third-order valence-corrected chi connectivity index (χ3v) is 11.1. The Bertz CT molecular complexity index is 2290. The first kappa shape index (κ1) is 35.2. The van der Waals surface area contributed by atoms with E-state index in [0.717, 1.165) is 54.6 Å². The van der Waals surface area contributed by atoms with Gasteiger partial charge in [0.2, 0.25) is 0 Å². The van der Waals surface area contributed by atoms with Gasteiger partial charge < -0.3 is 0 Å². The van der Waals surface area contributed by atoms with Crippen LogP contribution in [0.25, 0.3) is 32.3 Å². The number of hydrogen-bond donors (Lipinski definition) is 0. The van der Waals surface area contributed by atoms with Crippen molar-refractivity contribution in [3.8, 4) is 45.9 Å². The smallest absolute Gasteiger partial charge is 0.193 e. The molecule has 48 heavy (non-hydrogen) atoms. The van der Waals surface area contributed by atoms with Gasteiger partial charge in [-0.2, -0.15) is 0 Å². The van der Waals surface area contributed by atoms with Gasteiger partial charge in [0.1, 0.15) is 32.3 Å². The lowest BCUT2D eigenvalue weighted by molar-refractivity contribution is 0.104. The number of rotatable bonds is 2. The van der Waals surface area contributed by atoms with Gasteiger partial charge in [-0.25, -0.2) is 0 Å². The van der Waals surface area contributed by atoms with Gasteiger partial charge in [-0.15, -0.1) is 22.2 Å². The molecule has 1 nitrogen and oxygen atoms in total. The average Bonchev–Trinajstić information content (AvgIpc) is 2.98. The Labute approximate surface area is 292 Å². The summed E-state index contributed by atoms with van der Waals surface area (Å²) in [6.07, 6.45) is 0. The summed E-state index contributed by atoms with van der Waals surface area (Å²) in [5.41, 5.74) is 19.4. The van der Waals surface area contributed by atoms with Crippen LogP contribution in [0.4, 0.5) is 0 Å². The lowest BCUT2D eigenvalue weighted by Crippen LogP contribution is -2.16. The highest BCUT2D eigenvalue weighted by molar-refractivity contribution is 6.85. The van der Waals surface area contributed by atoms with E-state index in [1.165, 1.54) is 0 Å². The molecule has 0 saturated carbocycles. The number of benzene rings is 5. The molecule has 0 aromatic heterocycles. The highest BCUT2D eigenvalue weighted by Crippen LogP contribution is 2.41. The highest BCUT2D eigenvalue weighted by Gasteiger charge is 2.22. The predicted molar refractivity (Wildman–Crippen MR) is 221 cm³/mol. The lowest BCUT2D eigenvalue weighted by Gasteiger charge is -2.18. The van der Waals surface area contributed by atoms with Crippen molar-refractivity contribution in [3.05, 3.63) is 94.0 Å². The SMILES string of the molecule is C[Si](C)(C)C#Cc1ccc(C(=O)c2cc(C#C[Si](C)(C)C)c3ccc4c(C#C[Si](C)(C)C)cc(C#C[Si](C)(C)C)c5ccc2c3c45)cc1. The maximum atomic E-state index is 14.4. The molecular weight excluding hydrogens is 645 g/mol. The summed E-state index contributed by atoms with van der Waals surface area (Å²) < 4.78 is 0. The van der Waals surface area contributed by atoms with E-state index in [1.807, 2.05) is 30.3 Å². The van der Waals surface area contributed by atoms with Gasteiger partial charge in [-0.05, 0) is 68.7 Å². The Balaban J connectivity index is 1.87. The van der Waals surface area contributed by atoms with Crippen molar-refractivity contribution in [1.29, 1.82) is 0 Å². The van der Waals surface area contributed by atoms with Crippen LogP contribution in [-0.4, -0.2) is 38.1 Å². The Morgan fingerprint density at radius 1 is 0.438 bits per heavy atom. The number of hydrogen-bond acceptors (Lipinski definition) is 1. The van der Waals surface area contributed by atoms with E-state index in [1.54, 1.807) is 0 Å². The van der Waals surface area contributed by atoms with Crippen LogP contribution in [0.1, 0.15) is 38.2 Å². The predicted octanol–water partition coefficient (Wildman–Crippen LogP) is 10.7. The van der Waals surface area contributed by atoms with Gasteiger partial charge in [0.25, 0.3) is 0 Å². The van der Waals surface area contributed by atoms with Crippen molar-refractivity contribution < 1.29 is 4.79 Å². The van der Waals surface area contributed by atoms with Crippen LogP contribution >= 0.6 is 0 Å². The van der Waals surface area contributed by atoms with Gasteiger partial charge in [0.15, 0.2) is 5.78 Å². The molecule has 0 N–H and O–H groups in total. The first-order valence-corrected chi connectivity index (χ1v) is 30.8.